The third-order valence-corrected chi connectivity index (χ3v) is 6.01. The number of hydrogen-bond acceptors (Lipinski definition) is 7. The molecule has 0 aliphatic heterocycles. The van der Waals surface area contributed by atoms with Gasteiger partial charge in [0.05, 0.1) is 31.1 Å². The normalized spacial score (nSPS) is 12.1. The number of anilines is 1. The van der Waals surface area contributed by atoms with E-state index >= 15 is 0 Å². The lowest BCUT2D eigenvalue weighted by molar-refractivity contribution is -0.123. The number of fused-ring (bicyclic) bond motifs is 1. The van der Waals surface area contributed by atoms with Crippen molar-refractivity contribution in [2.45, 2.75) is 45.7 Å². The Morgan fingerprint density at radius 3 is 2.61 bits per heavy atom. The molecule has 0 unspecified atom stereocenters. The fraction of sp³-hybridized carbons (Fsp3) is 0.407. The van der Waals surface area contributed by atoms with Gasteiger partial charge in [0, 0.05) is 14.1 Å². The van der Waals surface area contributed by atoms with Gasteiger partial charge in [-0.15, -0.1) is 0 Å². The number of amides is 3. The Balaban J connectivity index is 1.83. The zero-order valence-corrected chi connectivity index (χ0v) is 23.5. The molecule has 0 saturated carbocycles. The molecule has 0 radical (unpaired) electrons. The maximum atomic E-state index is 14.8. The number of rotatable bonds is 11. The predicted octanol–water partition coefficient (Wildman–Crippen LogP) is 2.73. The van der Waals surface area contributed by atoms with Crippen LogP contribution in [-0.2, 0) is 27.3 Å². The second kappa shape index (κ2) is 13.6. The Labute approximate surface area is 234 Å². The average molecular weight is 574 g/mol. The number of likely N-dealkylation sites (N-methyl/N-ethyl adjacent to an activating group) is 1. The van der Waals surface area contributed by atoms with Crippen molar-refractivity contribution in [3.63, 3.8) is 0 Å². The number of H-pyrrole nitrogens is 1. The molecule has 0 bridgehead atoms. The number of nitrogens with zero attached hydrogens (tertiary/aromatic N) is 4. The van der Waals surface area contributed by atoms with Crippen molar-refractivity contribution in [2.75, 3.05) is 26.5 Å². The van der Waals surface area contributed by atoms with Crippen molar-refractivity contribution in [3.8, 4) is 0 Å². The molecule has 220 valence electrons. The molecule has 0 aliphatic rings. The summed E-state index contributed by atoms with van der Waals surface area (Å²) >= 11 is 0. The summed E-state index contributed by atoms with van der Waals surface area (Å²) in [5.74, 6) is -2.22. The largest absolute Gasteiger partial charge is 0.453 e. The van der Waals surface area contributed by atoms with Gasteiger partial charge in [0.1, 0.15) is 23.1 Å². The lowest BCUT2D eigenvalue weighted by atomic mass is 10.1. The first-order chi connectivity index (χ1) is 19.4. The van der Waals surface area contributed by atoms with Crippen LogP contribution in [0.1, 0.15) is 38.2 Å². The summed E-state index contributed by atoms with van der Waals surface area (Å²) in [6, 6.07) is 0.953. The maximum absolute atomic E-state index is 14.8. The Kier molecular flexibility index (Phi) is 10.3. The van der Waals surface area contributed by atoms with Gasteiger partial charge in [-0.1, -0.05) is 19.9 Å². The number of aromatic amines is 1. The predicted molar refractivity (Wildman–Crippen MR) is 147 cm³/mol. The van der Waals surface area contributed by atoms with Gasteiger partial charge in [-0.25, -0.2) is 14.2 Å². The smallest absolute Gasteiger partial charge is 0.407 e. The van der Waals surface area contributed by atoms with Crippen LogP contribution in [-0.4, -0.2) is 69.6 Å². The van der Waals surface area contributed by atoms with E-state index in [0.717, 1.165) is 30.0 Å². The first kappa shape index (κ1) is 30.9. The number of methoxy groups -OCH3 is 1. The lowest BCUT2D eigenvalue weighted by Crippen LogP contribution is -2.44. The van der Waals surface area contributed by atoms with Crippen LogP contribution in [0.4, 0.5) is 19.3 Å². The molecule has 0 aliphatic carbocycles. The summed E-state index contributed by atoms with van der Waals surface area (Å²) in [5, 5.41) is 4.80. The molecule has 0 saturated heterocycles. The van der Waals surface area contributed by atoms with Crippen molar-refractivity contribution in [1.82, 2.24) is 29.7 Å². The summed E-state index contributed by atoms with van der Waals surface area (Å²) in [7, 11) is 4.31. The van der Waals surface area contributed by atoms with Crippen LogP contribution in [0, 0.1) is 17.7 Å². The maximum Gasteiger partial charge on any atom is 0.407 e. The molecule has 0 spiro atoms. The summed E-state index contributed by atoms with van der Waals surface area (Å²) < 4.78 is 34.5. The summed E-state index contributed by atoms with van der Waals surface area (Å²) in [6.07, 6.45) is 3.94. The van der Waals surface area contributed by atoms with Crippen LogP contribution in [0.3, 0.4) is 0 Å². The molecule has 3 aromatic rings. The Morgan fingerprint density at radius 2 is 1.95 bits per heavy atom. The summed E-state index contributed by atoms with van der Waals surface area (Å²) in [6.45, 7) is 3.59. The molecule has 14 heteroatoms. The zero-order chi connectivity index (χ0) is 30.3. The van der Waals surface area contributed by atoms with Crippen LogP contribution < -0.4 is 16.2 Å². The molecule has 12 nitrogen and oxygen atoms in total. The van der Waals surface area contributed by atoms with Gasteiger partial charge in [-0.2, -0.15) is 4.39 Å². The number of carbonyl (C=O) groups is 3. The van der Waals surface area contributed by atoms with E-state index in [-0.39, 0.29) is 48.2 Å². The number of alkyl carbamates (subject to hydrolysis) is 1. The van der Waals surface area contributed by atoms with Gasteiger partial charge in [-0.05, 0) is 43.4 Å². The van der Waals surface area contributed by atoms with E-state index in [9.17, 15) is 28.0 Å². The Hall–Kier alpha value is -4.62. The Bertz CT molecular complexity index is 1510. The van der Waals surface area contributed by atoms with Crippen molar-refractivity contribution >= 4 is 34.6 Å². The van der Waals surface area contributed by atoms with Gasteiger partial charge in [0.25, 0.3) is 5.56 Å². The molecule has 0 aromatic carbocycles. The van der Waals surface area contributed by atoms with E-state index in [0.29, 0.717) is 17.6 Å². The van der Waals surface area contributed by atoms with Crippen LogP contribution in [0.5, 0.6) is 0 Å². The molecular formula is C27H33F2N7O5. The van der Waals surface area contributed by atoms with E-state index < -0.39 is 35.4 Å². The topological polar surface area (TPSA) is 151 Å². The van der Waals surface area contributed by atoms with Crippen molar-refractivity contribution in [2.24, 2.45) is 5.92 Å². The number of carbonyl (C=O) groups excluding carboxylic acids is 3. The number of imidazole rings is 1. The van der Waals surface area contributed by atoms with Crippen LogP contribution in [0.25, 0.3) is 11.0 Å². The monoisotopic (exact) mass is 573 g/mol. The highest BCUT2D eigenvalue weighted by Gasteiger charge is 2.23. The molecule has 41 heavy (non-hydrogen) atoms. The van der Waals surface area contributed by atoms with Crippen molar-refractivity contribution in [1.29, 1.82) is 0 Å². The molecule has 3 heterocycles. The SMILES string of the molecule is COC(=O)N[C@@H](CC/C=C/C(=O)N(C)C)C(=O)Nc1ccc(F)n(Cc2nc3c(F)cnc(CC(C)C)c3[nH]2)c1=O. The van der Waals surface area contributed by atoms with Crippen LogP contribution >= 0.6 is 0 Å². The Morgan fingerprint density at radius 1 is 1.22 bits per heavy atom. The number of pyridine rings is 2. The minimum atomic E-state index is -1.13. The van der Waals surface area contributed by atoms with Gasteiger partial charge >= 0.3 is 6.09 Å². The zero-order valence-electron chi connectivity index (χ0n) is 23.5. The molecule has 0 fully saturated rings. The fourth-order valence-corrected chi connectivity index (χ4v) is 3.91. The van der Waals surface area contributed by atoms with Gasteiger partial charge in [0.15, 0.2) is 11.8 Å². The highest BCUT2D eigenvalue weighted by Crippen LogP contribution is 2.21. The van der Waals surface area contributed by atoms with Crippen LogP contribution in [0.2, 0.25) is 0 Å². The summed E-state index contributed by atoms with van der Waals surface area (Å²) in [4.78, 5) is 62.3. The average Bonchev–Trinajstić information content (AvgIpc) is 3.36. The first-order valence-electron chi connectivity index (χ1n) is 12.9. The minimum Gasteiger partial charge on any atom is -0.453 e. The van der Waals surface area contributed by atoms with E-state index in [1.54, 1.807) is 20.2 Å². The van der Waals surface area contributed by atoms with Gasteiger partial charge < -0.3 is 25.3 Å². The minimum absolute atomic E-state index is 0.0293. The number of ether oxygens (including phenoxy) is 1. The van der Waals surface area contributed by atoms with E-state index in [4.69, 9.17) is 0 Å². The highest BCUT2D eigenvalue weighted by molar-refractivity contribution is 5.96. The van der Waals surface area contributed by atoms with E-state index in [1.807, 2.05) is 13.8 Å². The molecule has 3 N–H and O–H groups in total. The van der Waals surface area contributed by atoms with E-state index in [1.165, 1.54) is 11.0 Å². The molecule has 3 rings (SSSR count). The second-order valence-corrected chi connectivity index (χ2v) is 9.91. The highest BCUT2D eigenvalue weighted by atomic mass is 19.1. The number of hydrogen-bond donors (Lipinski definition) is 3. The van der Waals surface area contributed by atoms with Crippen molar-refractivity contribution in [3.05, 3.63) is 64.1 Å². The third kappa shape index (κ3) is 7.96. The number of aromatic nitrogens is 4. The quantitative estimate of drug-likeness (QED) is 0.236. The molecule has 1 atom stereocenters. The summed E-state index contributed by atoms with van der Waals surface area (Å²) in [5.41, 5.74) is -0.149. The van der Waals surface area contributed by atoms with Crippen LogP contribution in [0.15, 0.2) is 35.3 Å². The lowest BCUT2D eigenvalue weighted by Gasteiger charge is -2.17. The first-order valence-corrected chi connectivity index (χ1v) is 12.9. The van der Waals surface area contributed by atoms with Crippen molar-refractivity contribution < 1.29 is 27.9 Å². The number of halogens is 2. The second-order valence-electron chi connectivity index (χ2n) is 9.91. The standard InChI is InChI=1S/C27H33F2N7O5/c1-15(2)12-19-24-23(16(28)13-30-19)33-21(34-24)14-36-20(29)11-10-18(26(36)39)31-25(38)17(32-27(40)41-5)8-6-7-9-22(37)35(3)4/h7,9-11,13,15,17H,6,8,12,14H2,1-5H3,(H,31,38)(H,32,40)(H,33,34)/b9-7+/t17-/m0/s1. The van der Waals surface area contributed by atoms with Gasteiger partial charge in [0.2, 0.25) is 11.8 Å². The van der Waals surface area contributed by atoms with E-state index in [2.05, 4.69) is 30.3 Å². The molecule has 3 amide bonds. The molecular weight excluding hydrogens is 540 g/mol. The number of allylic oxidation sites excluding steroid dienone is 1. The van der Waals surface area contributed by atoms with Gasteiger partial charge in [-0.3, -0.25) is 23.9 Å². The third-order valence-electron chi connectivity index (χ3n) is 6.01. The number of nitrogens with one attached hydrogen (secondary N) is 3. The molecule has 3 aromatic heterocycles. The fourth-order valence-electron chi connectivity index (χ4n) is 3.91.